The molecule has 5 nitrogen and oxygen atoms in total. The van der Waals surface area contributed by atoms with Crippen LogP contribution in [0.15, 0.2) is 0 Å². The molecular weight excluding hydrogens is 423 g/mol. The van der Waals surface area contributed by atoms with E-state index in [9.17, 15) is 29.6 Å². The van der Waals surface area contributed by atoms with Gasteiger partial charge in [-0.05, 0) is 97.2 Å². The quantitative estimate of drug-likeness (QED) is 0.466. The highest BCUT2D eigenvalue weighted by atomic mass is 19.1. The van der Waals surface area contributed by atoms with E-state index in [2.05, 4.69) is 20.8 Å². The summed E-state index contributed by atoms with van der Waals surface area (Å²) in [5.41, 5.74) is -0.380. The van der Waals surface area contributed by atoms with Crippen molar-refractivity contribution < 1.29 is 29.6 Å². The first-order valence-electron chi connectivity index (χ1n) is 13.3. The largest absolute Gasteiger partial charge is 0.481 e. The molecular formula is C27H45FO5. The van der Waals surface area contributed by atoms with Crippen LogP contribution >= 0.6 is 0 Å². The summed E-state index contributed by atoms with van der Waals surface area (Å²) in [7, 11) is 0. The van der Waals surface area contributed by atoms with Crippen LogP contribution in [-0.4, -0.2) is 51.4 Å². The Morgan fingerprint density at radius 2 is 1.76 bits per heavy atom. The van der Waals surface area contributed by atoms with E-state index in [1.165, 1.54) is 0 Å². The molecule has 4 fully saturated rings. The Hall–Kier alpha value is -0.720. The van der Waals surface area contributed by atoms with Gasteiger partial charge in [0.15, 0.2) is 0 Å². The summed E-state index contributed by atoms with van der Waals surface area (Å²) in [4.78, 5) is 11.5. The summed E-state index contributed by atoms with van der Waals surface area (Å²) in [5, 5.41) is 43.2. The highest BCUT2D eigenvalue weighted by Crippen LogP contribution is 2.69. The number of fused-ring (bicyclic) bond motifs is 5. The molecule has 0 spiro atoms. The molecule has 0 aromatic heterocycles. The van der Waals surface area contributed by atoms with Gasteiger partial charge in [0.2, 0.25) is 0 Å². The van der Waals surface area contributed by atoms with Crippen LogP contribution in [-0.2, 0) is 4.79 Å². The van der Waals surface area contributed by atoms with E-state index in [4.69, 9.17) is 0 Å². The van der Waals surface area contributed by atoms with Crippen molar-refractivity contribution in [2.75, 3.05) is 6.67 Å². The highest BCUT2D eigenvalue weighted by Gasteiger charge is 2.67. The van der Waals surface area contributed by atoms with Crippen LogP contribution in [0.3, 0.4) is 0 Å². The second-order valence-corrected chi connectivity index (χ2v) is 12.6. The molecule has 4 rings (SSSR count). The first-order chi connectivity index (χ1) is 15.5. The van der Waals surface area contributed by atoms with Gasteiger partial charge in [0, 0.05) is 0 Å². The van der Waals surface area contributed by atoms with Gasteiger partial charge in [0.1, 0.15) is 6.67 Å². The Labute approximate surface area is 198 Å². The molecule has 4 N–H and O–H groups in total. The van der Waals surface area contributed by atoms with Gasteiger partial charge < -0.3 is 20.4 Å². The molecule has 0 bridgehead atoms. The van der Waals surface area contributed by atoms with Crippen molar-refractivity contribution in [3.8, 4) is 0 Å². The summed E-state index contributed by atoms with van der Waals surface area (Å²) in [6, 6.07) is 0. The number of halogens is 1. The van der Waals surface area contributed by atoms with Crippen LogP contribution in [0.2, 0.25) is 0 Å². The molecule has 0 radical (unpaired) electrons. The van der Waals surface area contributed by atoms with Gasteiger partial charge in [-0.1, -0.05) is 34.1 Å². The fourth-order valence-electron chi connectivity index (χ4n) is 9.73. The van der Waals surface area contributed by atoms with E-state index in [0.717, 1.165) is 38.5 Å². The molecule has 6 heteroatoms. The van der Waals surface area contributed by atoms with Gasteiger partial charge in [-0.25, -0.2) is 0 Å². The van der Waals surface area contributed by atoms with Crippen molar-refractivity contribution in [3.63, 3.8) is 0 Å². The highest BCUT2D eigenvalue weighted by molar-refractivity contribution is 5.70. The zero-order valence-electron chi connectivity index (χ0n) is 20.8. The smallest absolute Gasteiger partial charge is 0.309 e. The molecule has 0 aromatic carbocycles. The number of hydrogen-bond donors (Lipinski definition) is 4. The van der Waals surface area contributed by atoms with Crippen LogP contribution in [0.25, 0.3) is 0 Å². The summed E-state index contributed by atoms with van der Waals surface area (Å²) in [5.74, 6) is -0.991. The molecule has 0 aliphatic heterocycles. The summed E-state index contributed by atoms with van der Waals surface area (Å²) in [6.07, 6.45) is 4.88. The number of carbonyl (C=O) groups is 1. The lowest BCUT2D eigenvalue weighted by molar-refractivity contribution is -0.228. The zero-order valence-corrected chi connectivity index (χ0v) is 20.8. The Kier molecular flexibility index (Phi) is 6.96. The standard InChI is InChI=1S/C27H45FO5/c1-5-17-20-11-16(29)8-9-26(20,3)21-12-22(30)27(4)18(6-7-19(27)23(21)24(17)31)14(2)10-15(13-28)25(32)33/h14-24,29-31H,5-13H2,1-4H3,(H,32,33)/t14-,15?,16-,17-,18?,19+,20?,21+,22+,23?,24-,26?,27?/m1/s1. The van der Waals surface area contributed by atoms with E-state index in [-0.39, 0.29) is 59.4 Å². The number of carboxylic acid groups (broad SMARTS) is 1. The van der Waals surface area contributed by atoms with E-state index in [1.54, 1.807) is 0 Å². The topological polar surface area (TPSA) is 98.0 Å². The number of carboxylic acids is 1. The first-order valence-corrected chi connectivity index (χ1v) is 13.3. The molecule has 33 heavy (non-hydrogen) atoms. The number of aliphatic hydroxyl groups excluding tert-OH is 3. The monoisotopic (exact) mass is 468 g/mol. The minimum Gasteiger partial charge on any atom is -0.481 e. The molecule has 0 amide bonds. The zero-order chi connectivity index (χ0) is 24.3. The summed E-state index contributed by atoms with van der Waals surface area (Å²) >= 11 is 0. The first kappa shape index (κ1) is 25.4. The molecule has 190 valence electrons. The SMILES string of the molecule is CC[C@@H]1C2C[C@H](O)CCC2(C)[C@H]2C[C@H](O)C3(C)C([C@H](C)CC(CF)C(=O)O)CC[C@H]3C2[C@@H]1O. The number of alkyl halides is 1. The van der Waals surface area contributed by atoms with Gasteiger partial charge in [-0.3, -0.25) is 9.18 Å². The van der Waals surface area contributed by atoms with Gasteiger partial charge in [0.05, 0.1) is 24.2 Å². The molecule has 0 heterocycles. The maximum absolute atomic E-state index is 13.4. The van der Waals surface area contributed by atoms with Crippen molar-refractivity contribution in [1.82, 2.24) is 0 Å². The fraction of sp³-hybridized carbons (Fsp3) is 0.963. The molecule has 0 aromatic rings. The van der Waals surface area contributed by atoms with Crippen LogP contribution < -0.4 is 0 Å². The lowest BCUT2D eigenvalue weighted by Crippen LogP contribution is -2.65. The van der Waals surface area contributed by atoms with Crippen molar-refractivity contribution in [2.24, 2.45) is 58.2 Å². The predicted octanol–water partition coefficient (Wildman–Crippen LogP) is 4.28. The molecule has 4 aliphatic rings. The maximum Gasteiger partial charge on any atom is 0.309 e. The van der Waals surface area contributed by atoms with Crippen LogP contribution in [0.1, 0.15) is 79.1 Å². The maximum atomic E-state index is 13.4. The number of aliphatic carboxylic acids is 1. The molecule has 4 aliphatic carbocycles. The Morgan fingerprint density at radius 1 is 1.06 bits per heavy atom. The third-order valence-corrected chi connectivity index (χ3v) is 11.4. The van der Waals surface area contributed by atoms with Crippen molar-refractivity contribution in [2.45, 2.75) is 97.4 Å². The lowest BCUT2D eigenvalue weighted by atomic mass is 9.41. The number of hydrogen-bond acceptors (Lipinski definition) is 4. The fourth-order valence-corrected chi connectivity index (χ4v) is 9.73. The van der Waals surface area contributed by atoms with Gasteiger partial charge in [-0.2, -0.15) is 0 Å². The van der Waals surface area contributed by atoms with Gasteiger partial charge in [-0.15, -0.1) is 0 Å². The van der Waals surface area contributed by atoms with Crippen LogP contribution in [0, 0.1) is 58.2 Å². The van der Waals surface area contributed by atoms with E-state index in [0.29, 0.717) is 6.42 Å². The van der Waals surface area contributed by atoms with Crippen molar-refractivity contribution in [1.29, 1.82) is 0 Å². The van der Waals surface area contributed by atoms with Crippen molar-refractivity contribution in [3.05, 3.63) is 0 Å². The van der Waals surface area contributed by atoms with E-state index in [1.807, 2.05) is 6.92 Å². The molecule has 6 unspecified atom stereocenters. The van der Waals surface area contributed by atoms with Crippen LogP contribution in [0.5, 0.6) is 0 Å². The Morgan fingerprint density at radius 3 is 2.36 bits per heavy atom. The van der Waals surface area contributed by atoms with Gasteiger partial charge in [0.25, 0.3) is 0 Å². The van der Waals surface area contributed by atoms with Crippen molar-refractivity contribution >= 4 is 5.97 Å². The number of rotatable bonds is 6. The second-order valence-electron chi connectivity index (χ2n) is 12.6. The lowest BCUT2D eigenvalue weighted by Gasteiger charge is -2.65. The minimum absolute atomic E-state index is 0.00100. The van der Waals surface area contributed by atoms with Crippen LogP contribution in [0.4, 0.5) is 4.39 Å². The minimum atomic E-state index is -1.08. The third-order valence-electron chi connectivity index (χ3n) is 11.4. The van der Waals surface area contributed by atoms with E-state index >= 15 is 0 Å². The van der Waals surface area contributed by atoms with E-state index < -0.39 is 36.2 Å². The normalized spacial score (nSPS) is 51.2. The number of aliphatic hydroxyl groups is 3. The Balaban J connectivity index is 1.65. The summed E-state index contributed by atoms with van der Waals surface area (Å²) < 4.78 is 13.4. The average molecular weight is 469 g/mol. The molecule has 0 saturated heterocycles. The Bertz CT molecular complexity index is 731. The molecule has 13 atom stereocenters. The van der Waals surface area contributed by atoms with Gasteiger partial charge >= 0.3 is 5.97 Å². The second kappa shape index (κ2) is 9.05. The molecule has 4 saturated carbocycles. The predicted molar refractivity (Wildman–Crippen MR) is 124 cm³/mol. The average Bonchev–Trinajstić information content (AvgIpc) is 3.12. The summed E-state index contributed by atoms with van der Waals surface area (Å²) in [6.45, 7) is 7.82. The third kappa shape index (κ3) is 3.78.